The fraction of sp³-hybridized carbons (Fsp3) is 0.400. The van der Waals surface area contributed by atoms with E-state index in [1.807, 2.05) is 25.2 Å². The highest BCUT2D eigenvalue weighted by atomic mass is 16.5. The van der Waals surface area contributed by atoms with Gasteiger partial charge in [0.2, 0.25) is 0 Å². The number of ether oxygens (including phenoxy) is 2. The summed E-state index contributed by atoms with van der Waals surface area (Å²) in [6, 6.07) is 5.99. The normalized spacial score (nSPS) is 16.8. The summed E-state index contributed by atoms with van der Waals surface area (Å²) in [4.78, 5) is 13.6. The maximum atomic E-state index is 6.00. The topological polar surface area (TPSA) is 86.5 Å². The molecule has 1 fully saturated rings. The van der Waals surface area contributed by atoms with Crippen LogP contribution in [0.25, 0.3) is 11.0 Å². The van der Waals surface area contributed by atoms with E-state index in [0.717, 1.165) is 59.9 Å². The highest BCUT2D eigenvalue weighted by Crippen LogP contribution is 2.27. The Labute approximate surface area is 162 Å². The van der Waals surface area contributed by atoms with E-state index < -0.39 is 0 Å². The lowest BCUT2D eigenvalue weighted by atomic mass is 10.0. The molecule has 0 bridgehead atoms. The van der Waals surface area contributed by atoms with Gasteiger partial charge in [0.15, 0.2) is 11.4 Å². The van der Waals surface area contributed by atoms with Gasteiger partial charge in [-0.05, 0) is 30.9 Å². The van der Waals surface area contributed by atoms with Crippen molar-refractivity contribution in [1.29, 1.82) is 0 Å². The lowest BCUT2D eigenvalue weighted by molar-refractivity contribution is 0.0491. The summed E-state index contributed by atoms with van der Waals surface area (Å²) in [7, 11) is 1.90. The van der Waals surface area contributed by atoms with Crippen LogP contribution in [0.2, 0.25) is 0 Å². The Hall–Kier alpha value is -3.00. The van der Waals surface area contributed by atoms with Crippen LogP contribution in [0.1, 0.15) is 24.1 Å². The standard InChI is InChI=1S/C20H22N6O2/c1-26-16-9-15(24-19-17-14(10-23-19)3-2-6-21-17)11-22-18(16)20(25-26)28-12-13-4-7-27-8-5-13/h2-3,6,9,11,13H,4-5,7-8,10,12H2,1H3,(H,23,24). The van der Waals surface area contributed by atoms with Crippen molar-refractivity contribution in [2.45, 2.75) is 19.4 Å². The SMILES string of the molecule is Cn1nc(OCC2CCOCC2)c2ncc(NC3=NCc4cccnc43)cc21. The molecule has 1 N–H and O–H groups in total. The van der Waals surface area contributed by atoms with E-state index in [4.69, 9.17) is 9.47 Å². The number of anilines is 1. The molecule has 0 saturated carbocycles. The fourth-order valence-electron chi connectivity index (χ4n) is 3.63. The predicted molar refractivity (Wildman–Crippen MR) is 106 cm³/mol. The number of amidine groups is 1. The summed E-state index contributed by atoms with van der Waals surface area (Å²) < 4.78 is 13.2. The van der Waals surface area contributed by atoms with Crippen molar-refractivity contribution >= 4 is 22.6 Å². The van der Waals surface area contributed by atoms with Crippen LogP contribution in [0, 0.1) is 5.92 Å². The van der Waals surface area contributed by atoms with E-state index in [9.17, 15) is 0 Å². The minimum atomic E-state index is 0.514. The highest BCUT2D eigenvalue weighted by molar-refractivity contribution is 6.09. The molecular weight excluding hydrogens is 356 g/mol. The summed E-state index contributed by atoms with van der Waals surface area (Å²) in [6.07, 6.45) is 5.63. The van der Waals surface area contributed by atoms with Gasteiger partial charge in [-0.3, -0.25) is 14.7 Å². The molecule has 0 aliphatic carbocycles. The molecule has 0 aromatic carbocycles. The number of aryl methyl sites for hydroxylation is 1. The molecule has 2 aliphatic rings. The third kappa shape index (κ3) is 3.20. The number of aliphatic imine (C=N–C) groups is 1. The molecule has 0 amide bonds. The van der Waals surface area contributed by atoms with Crippen molar-refractivity contribution in [1.82, 2.24) is 19.7 Å². The zero-order valence-electron chi connectivity index (χ0n) is 15.8. The second-order valence-corrected chi connectivity index (χ2v) is 7.19. The van der Waals surface area contributed by atoms with Gasteiger partial charge in [0.1, 0.15) is 5.69 Å². The average Bonchev–Trinajstić information content (AvgIpc) is 3.28. The Balaban J connectivity index is 1.34. The second-order valence-electron chi connectivity index (χ2n) is 7.19. The van der Waals surface area contributed by atoms with Crippen molar-refractivity contribution < 1.29 is 9.47 Å². The lowest BCUT2D eigenvalue weighted by Gasteiger charge is -2.21. The molecule has 0 radical (unpaired) electrons. The maximum absolute atomic E-state index is 6.00. The number of nitrogens with zero attached hydrogens (tertiary/aromatic N) is 5. The van der Waals surface area contributed by atoms with Gasteiger partial charge in [-0.25, -0.2) is 4.98 Å². The largest absolute Gasteiger partial charge is 0.475 e. The van der Waals surface area contributed by atoms with Crippen LogP contribution < -0.4 is 10.1 Å². The van der Waals surface area contributed by atoms with Crippen LogP contribution in [0.5, 0.6) is 5.88 Å². The Kier molecular flexibility index (Phi) is 4.40. The zero-order chi connectivity index (χ0) is 18.9. The van der Waals surface area contributed by atoms with Crippen molar-refractivity contribution in [3.05, 3.63) is 41.9 Å². The molecule has 3 aromatic rings. The quantitative estimate of drug-likeness (QED) is 0.751. The lowest BCUT2D eigenvalue weighted by Crippen LogP contribution is -2.21. The molecule has 5 heterocycles. The van der Waals surface area contributed by atoms with Crippen LogP contribution in [-0.2, 0) is 18.3 Å². The van der Waals surface area contributed by atoms with Crippen LogP contribution in [0.4, 0.5) is 5.69 Å². The zero-order valence-corrected chi connectivity index (χ0v) is 15.8. The molecule has 8 heteroatoms. The number of pyridine rings is 2. The number of fused-ring (bicyclic) bond motifs is 2. The Morgan fingerprint density at radius 1 is 1.29 bits per heavy atom. The number of hydrogen-bond donors (Lipinski definition) is 1. The molecule has 144 valence electrons. The smallest absolute Gasteiger partial charge is 0.259 e. The van der Waals surface area contributed by atoms with Crippen LogP contribution >= 0.6 is 0 Å². The van der Waals surface area contributed by atoms with Gasteiger partial charge in [-0.1, -0.05) is 6.07 Å². The third-order valence-electron chi connectivity index (χ3n) is 5.24. The second kappa shape index (κ2) is 7.20. The van der Waals surface area contributed by atoms with Gasteiger partial charge in [-0.15, -0.1) is 5.10 Å². The number of hydrogen-bond acceptors (Lipinski definition) is 7. The van der Waals surface area contributed by atoms with Crippen molar-refractivity contribution in [2.24, 2.45) is 18.0 Å². The average molecular weight is 378 g/mol. The molecule has 5 rings (SSSR count). The van der Waals surface area contributed by atoms with Gasteiger partial charge >= 0.3 is 0 Å². The van der Waals surface area contributed by atoms with E-state index in [2.05, 4.69) is 25.4 Å². The molecule has 2 aliphatic heterocycles. The molecule has 0 unspecified atom stereocenters. The van der Waals surface area contributed by atoms with Gasteiger partial charge in [0, 0.05) is 32.0 Å². The number of rotatable bonds is 4. The summed E-state index contributed by atoms with van der Waals surface area (Å²) in [5, 5.41) is 7.85. The first-order chi connectivity index (χ1) is 13.8. The third-order valence-corrected chi connectivity index (χ3v) is 5.24. The Bertz CT molecular complexity index is 1040. The van der Waals surface area contributed by atoms with Crippen molar-refractivity contribution in [2.75, 3.05) is 25.1 Å². The van der Waals surface area contributed by atoms with Crippen molar-refractivity contribution in [3.63, 3.8) is 0 Å². The van der Waals surface area contributed by atoms with Gasteiger partial charge in [-0.2, -0.15) is 0 Å². The van der Waals surface area contributed by atoms with Crippen LogP contribution in [-0.4, -0.2) is 45.4 Å². The van der Waals surface area contributed by atoms with E-state index in [1.165, 1.54) is 0 Å². The van der Waals surface area contributed by atoms with E-state index >= 15 is 0 Å². The van der Waals surface area contributed by atoms with E-state index in [0.29, 0.717) is 24.9 Å². The summed E-state index contributed by atoms with van der Waals surface area (Å²) in [5.74, 6) is 1.87. The van der Waals surface area contributed by atoms with Crippen LogP contribution in [0.3, 0.4) is 0 Å². The maximum Gasteiger partial charge on any atom is 0.259 e. The molecular formula is C20H22N6O2. The van der Waals surface area contributed by atoms with Crippen molar-refractivity contribution in [3.8, 4) is 5.88 Å². The minimum Gasteiger partial charge on any atom is -0.475 e. The van der Waals surface area contributed by atoms with Gasteiger partial charge in [0.05, 0.1) is 30.6 Å². The Morgan fingerprint density at radius 2 is 2.18 bits per heavy atom. The molecule has 8 nitrogen and oxygen atoms in total. The molecule has 0 spiro atoms. The van der Waals surface area contributed by atoms with E-state index in [-0.39, 0.29) is 0 Å². The number of nitrogens with one attached hydrogen (secondary N) is 1. The summed E-state index contributed by atoms with van der Waals surface area (Å²) in [5.41, 5.74) is 4.55. The molecule has 28 heavy (non-hydrogen) atoms. The molecule has 3 aromatic heterocycles. The van der Waals surface area contributed by atoms with Gasteiger partial charge in [0.25, 0.3) is 5.88 Å². The minimum absolute atomic E-state index is 0.514. The first-order valence-electron chi connectivity index (χ1n) is 9.57. The highest BCUT2D eigenvalue weighted by Gasteiger charge is 2.19. The van der Waals surface area contributed by atoms with E-state index in [1.54, 1.807) is 17.1 Å². The van der Waals surface area contributed by atoms with Gasteiger partial charge < -0.3 is 14.8 Å². The first kappa shape index (κ1) is 17.1. The summed E-state index contributed by atoms with van der Waals surface area (Å²) >= 11 is 0. The predicted octanol–water partition coefficient (Wildman–Crippen LogP) is 2.54. The first-order valence-corrected chi connectivity index (χ1v) is 9.57. The molecule has 0 atom stereocenters. The monoisotopic (exact) mass is 378 g/mol. The number of aromatic nitrogens is 4. The summed E-state index contributed by atoms with van der Waals surface area (Å²) in [6.45, 7) is 2.92. The fourth-order valence-corrected chi connectivity index (χ4v) is 3.63. The Morgan fingerprint density at radius 3 is 3.07 bits per heavy atom. The van der Waals surface area contributed by atoms with Crippen LogP contribution in [0.15, 0.2) is 35.6 Å². The molecule has 1 saturated heterocycles.